The van der Waals surface area contributed by atoms with Gasteiger partial charge in [-0.15, -0.1) is 0 Å². The van der Waals surface area contributed by atoms with Crippen LogP contribution in [0.5, 0.6) is 5.75 Å². The van der Waals surface area contributed by atoms with Crippen molar-refractivity contribution in [1.82, 2.24) is 14.7 Å². The molecule has 0 bridgehead atoms. The second-order valence-electron chi connectivity index (χ2n) is 6.88. The molecule has 5 nitrogen and oxygen atoms in total. The number of hydrogen-bond donors (Lipinski definition) is 0. The van der Waals surface area contributed by atoms with Crippen molar-refractivity contribution in [2.75, 3.05) is 20.2 Å². The Morgan fingerprint density at radius 2 is 1.68 bits per heavy atom. The number of aromatic nitrogens is 2. The predicted octanol–water partition coefficient (Wildman–Crippen LogP) is 4.31. The van der Waals surface area contributed by atoms with E-state index in [2.05, 4.69) is 5.10 Å². The largest absolute Gasteiger partial charge is 0.497 e. The second-order valence-corrected chi connectivity index (χ2v) is 6.88. The first-order valence-electron chi connectivity index (χ1n) is 9.45. The van der Waals surface area contributed by atoms with Crippen LogP contribution in [0.4, 0.5) is 4.39 Å². The summed E-state index contributed by atoms with van der Waals surface area (Å²) in [4.78, 5) is 15.1. The van der Waals surface area contributed by atoms with Gasteiger partial charge < -0.3 is 9.64 Å². The average molecular weight is 379 g/mol. The van der Waals surface area contributed by atoms with E-state index in [1.165, 1.54) is 12.1 Å². The Kier molecular flexibility index (Phi) is 5.10. The van der Waals surface area contributed by atoms with Gasteiger partial charge in [0.05, 0.1) is 18.5 Å². The smallest absolute Gasteiger partial charge is 0.272 e. The lowest BCUT2D eigenvalue weighted by Gasteiger charge is -2.26. The first-order valence-corrected chi connectivity index (χ1v) is 9.45. The molecule has 4 rings (SSSR count). The summed E-state index contributed by atoms with van der Waals surface area (Å²) >= 11 is 0. The van der Waals surface area contributed by atoms with Crippen molar-refractivity contribution in [1.29, 1.82) is 0 Å². The fourth-order valence-corrected chi connectivity index (χ4v) is 3.47. The molecule has 6 heteroatoms. The Balaban J connectivity index is 1.77. The van der Waals surface area contributed by atoms with Gasteiger partial charge in [0.15, 0.2) is 0 Å². The zero-order chi connectivity index (χ0) is 19.5. The van der Waals surface area contributed by atoms with Crippen LogP contribution < -0.4 is 4.74 Å². The van der Waals surface area contributed by atoms with Gasteiger partial charge in [-0.25, -0.2) is 9.07 Å². The van der Waals surface area contributed by atoms with E-state index in [1.54, 1.807) is 30.0 Å². The molecule has 0 radical (unpaired) electrons. The van der Waals surface area contributed by atoms with Gasteiger partial charge in [-0.3, -0.25) is 4.79 Å². The number of piperidine rings is 1. The summed E-state index contributed by atoms with van der Waals surface area (Å²) in [7, 11) is 1.61. The monoisotopic (exact) mass is 379 g/mol. The van der Waals surface area contributed by atoms with Crippen molar-refractivity contribution in [2.45, 2.75) is 19.3 Å². The zero-order valence-corrected chi connectivity index (χ0v) is 15.8. The van der Waals surface area contributed by atoms with Gasteiger partial charge in [-0.05, 0) is 73.9 Å². The molecule has 1 aromatic heterocycles. The first-order chi connectivity index (χ1) is 13.7. The number of likely N-dealkylation sites (tertiary alicyclic amines) is 1. The summed E-state index contributed by atoms with van der Waals surface area (Å²) in [6, 6.07) is 15.3. The summed E-state index contributed by atoms with van der Waals surface area (Å²) in [5.74, 6) is 0.401. The van der Waals surface area contributed by atoms with Crippen molar-refractivity contribution in [3.8, 4) is 22.7 Å². The van der Waals surface area contributed by atoms with Crippen LogP contribution in [0.15, 0.2) is 54.6 Å². The van der Waals surface area contributed by atoms with Gasteiger partial charge in [0.1, 0.15) is 17.3 Å². The zero-order valence-electron chi connectivity index (χ0n) is 15.8. The number of hydrogen-bond acceptors (Lipinski definition) is 3. The number of ether oxygens (including phenoxy) is 1. The molecule has 0 unspecified atom stereocenters. The van der Waals surface area contributed by atoms with Crippen LogP contribution in [-0.2, 0) is 0 Å². The molecule has 0 N–H and O–H groups in total. The minimum absolute atomic E-state index is 0.0311. The average Bonchev–Trinajstić information content (AvgIpc) is 3.20. The third-order valence-corrected chi connectivity index (χ3v) is 5.03. The van der Waals surface area contributed by atoms with Gasteiger partial charge in [-0.2, -0.15) is 5.10 Å². The molecule has 3 aromatic rings. The molecule has 1 fully saturated rings. The third kappa shape index (κ3) is 3.63. The molecule has 1 amide bonds. The highest BCUT2D eigenvalue weighted by molar-refractivity contribution is 5.94. The molecule has 0 aliphatic carbocycles. The van der Waals surface area contributed by atoms with Crippen molar-refractivity contribution in [3.05, 3.63) is 66.1 Å². The SMILES string of the molecule is COc1ccc(-n2nc(-c3ccc(F)cc3)cc2C(=O)N2CCCCC2)cc1. The van der Waals surface area contributed by atoms with E-state index in [9.17, 15) is 9.18 Å². The van der Waals surface area contributed by atoms with Crippen molar-refractivity contribution in [2.24, 2.45) is 0 Å². The number of carbonyl (C=O) groups excluding carboxylic acids is 1. The molecule has 1 saturated heterocycles. The van der Waals surface area contributed by atoms with Gasteiger partial charge >= 0.3 is 0 Å². The number of benzene rings is 2. The summed E-state index contributed by atoms with van der Waals surface area (Å²) in [5, 5.41) is 4.66. The maximum absolute atomic E-state index is 13.3. The summed E-state index contributed by atoms with van der Waals surface area (Å²) in [6.07, 6.45) is 3.20. The number of methoxy groups -OCH3 is 1. The van der Waals surface area contributed by atoms with Crippen molar-refractivity contribution >= 4 is 5.91 Å². The van der Waals surface area contributed by atoms with E-state index < -0.39 is 0 Å². The first kappa shape index (κ1) is 18.2. The Morgan fingerprint density at radius 3 is 2.32 bits per heavy atom. The minimum atomic E-state index is -0.303. The van der Waals surface area contributed by atoms with Crippen LogP contribution >= 0.6 is 0 Å². The molecular formula is C22H22FN3O2. The lowest BCUT2D eigenvalue weighted by atomic mass is 10.1. The Labute approximate surface area is 163 Å². The van der Waals surface area contributed by atoms with E-state index >= 15 is 0 Å². The Hall–Kier alpha value is -3.15. The van der Waals surface area contributed by atoms with Crippen LogP contribution in [0.2, 0.25) is 0 Å². The van der Waals surface area contributed by atoms with Crippen molar-refractivity contribution < 1.29 is 13.9 Å². The van der Waals surface area contributed by atoms with E-state index in [0.717, 1.165) is 49.4 Å². The topological polar surface area (TPSA) is 47.4 Å². The Morgan fingerprint density at radius 1 is 1.00 bits per heavy atom. The molecule has 1 aliphatic heterocycles. The summed E-state index contributed by atoms with van der Waals surface area (Å²) in [5.41, 5.74) is 2.68. The van der Waals surface area contributed by atoms with Crippen LogP contribution in [0.3, 0.4) is 0 Å². The number of nitrogens with zero attached hydrogens (tertiary/aromatic N) is 3. The van der Waals surface area contributed by atoms with Gasteiger partial charge in [0, 0.05) is 18.7 Å². The highest BCUT2D eigenvalue weighted by Gasteiger charge is 2.24. The number of halogens is 1. The Bertz CT molecular complexity index is 958. The molecule has 0 saturated carbocycles. The van der Waals surface area contributed by atoms with Crippen LogP contribution in [-0.4, -0.2) is 40.8 Å². The van der Waals surface area contributed by atoms with Crippen molar-refractivity contribution in [3.63, 3.8) is 0 Å². The maximum Gasteiger partial charge on any atom is 0.272 e. The summed E-state index contributed by atoms with van der Waals surface area (Å²) in [6.45, 7) is 1.52. The normalized spacial score (nSPS) is 14.1. The van der Waals surface area contributed by atoms with E-state index in [1.807, 2.05) is 29.2 Å². The molecule has 2 heterocycles. The minimum Gasteiger partial charge on any atom is -0.497 e. The number of carbonyl (C=O) groups is 1. The van der Waals surface area contributed by atoms with Crippen LogP contribution in [0, 0.1) is 5.82 Å². The third-order valence-electron chi connectivity index (χ3n) is 5.03. The highest BCUT2D eigenvalue weighted by Crippen LogP contribution is 2.25. The van der Waals surface area contributed by atoms with Gasteiger partial charge in [0.25, 0.3) is 5.91 Å². The van der Waals surface area contributed by atoms with Gasteiger partial charge in [0.2, 0.25) is 0 Å². The molecular weight excluding hydrogens is 357 g/mol. The summed E-state index contributed by atoms with van der Waals surface area (Å²) < 4.78 is 20.2. The molecule has 1 aliphatic rings. The predicted molar refractivity (Wildman–Crippen MR) is 105 cm³/mol. The quantitative estimate of drug-likeness (QED) is 0.679. The fraction of sp³-hybridized carbons (Fsp3) is 0.273. The molecule has 0 spiro atoms. The van der Waals surface area contributed by atoms with E-state index in [-0.39, 0.29) is 11.7 Å². The lowest BCUT2D eigenvalue weighted by molar-refractivity contribution is 0.0715. The van der Waals surface area contributed by atoms with Gasteiger partial charge in [-0.1, -0.05) is 0 Å². The van der Waals surface area contributed by atoms with Crippen LogP contribution in [0.25, 0.3) is 16.9 Å². The van der Waals surface area contributed by atoms with E-state index in [4.69, 9.17) is 4.74 Å². The standard InChI is InChI=1S/C22H22FN3O2/c1-28-19-11-9-18(10-12-19)26-21(22(27)25-13-3-2-4-14-25)15-20(24-26)16-5-7-17(23)8-6-16/h5-12,15H,2-4,13-14H2,1H3. The molecule has 144 valence electrons. The highest BCUT2D eigenvalue weighted by atomic mass is 19.1. The maximum atomic E-state index is 13.3. The molecule has 28 heavy (non-hydrogen) atoms. The number of amides is 1. The fourth-order valence-electron chi connectivity index (χ4n) is 3.47. The second kappa shape index (κ2) is 7.84. The number of rotatable bonds is 4. The van der Waals surface area contributed by atoms with Crippen LogP contribution in [0.1, 0.15) is 29.8 Å². The van der Waals surface area contributed by atoms with E-state index in [0.29, 0.717) is 11.4 Å². The molecule has 2 aromatic carbocycles. The molecule has 0 atom stereocenters. The lowest BCUT2D eigenvalue weighted by Crippen LogP contribution is -2.36.